The van der Waals surface area contributed by atoms with Crippen LogP contribution in [0, 0.1) is 5.92 Å². The molecule has 0 saturated heterocycles. The first-order valence-electron chi connectivity index (χ1n) is 6.53. The molecule has 0 bridgehead atoms. The molecule has 2 aromatic heterocycles. The number of nitrogens with zero attached hydrogens (tertiary/aromatic N) is 3. The lowest BCUT2D eigenvalue weighted by Crippen LogP contribution is -2.35. The molecule has 0 unspecified atom stereocenters. The lowest BCUT2D eigenvalue weighted by molar-refractivity contribution is 0.0765. The molecule has 1 aliphatic rings. The lowest BCUT2D eigenvalue weighted by Gasteiger charge is -2.28. The number of carbonyl (C=O) groups excluding carboxylic acids is 1. The Hall–Kier alpha value is -1.62. The van der Waals surface area contributed by atoms with Crippen LogP contribution in [0.2, 0.25) is 0 Å². The molecule has 3 heterocycles. The Balaban J connectivity index is 1.62. The minimum absolute atomic E-state index is 0.131. The predicted molar refractivity (Wildman–Crippen MR) is 75.3 cm³/mol. The fourth-order valence-corrected chi connectivity index (χ4v) is 3.36. The zero-order valence-corrected chi connectivity index (χ0v) is 11.8. The maximum absolute atomic E-state index is 12.2. The van der Waals surface area contributed by atoms with Crippen molar-refractivity contribution in [1.29, 1.82) is 0 Å². The Morgan fingerprint density at radius 1 is 1.63 bits per heavy atom. The van der Waals surface area contributed by atoms with Gasteiger partial charge in [-0.2, -0.15) is 0 Å². The van der Waals surface area contributed by atoms with Gasteiger partial charge in [-0.05, 0) is 23.8 Å². The summed E-state index contributed by atoms with van der Waals surface area (Å²) in [7, 11) is 1.89. The van der Waals surface area contributed by atoms with Gasteiger partial charge in [0.2, 0.25) is 0 Å². The van der Waals surface area contributed by atoms with E-state index < -0.39 is 0 Å². The molecule has 100 valence electrons. The van der Waals surface area contributed by atoms with Crippen molar-refractivity contribution in [3.63, 3.8) is 0 Å². The van der Waals surface area contributed by atoms with Crippen molar-refractivity contribution in [2.24, 2.45) is 5.92 Å². The molecule has 0 spiro atoms. The minimum atomic E-state index is 0.131. The van der Waals surface area contributed by atoms with Gasteiger partial charge < -0.3 is 9.47 Å². The van der Waals surface area contributed by atoms with Crippen LogP contribution in [0.3, 0.4) is 0 Å². The number of amides is 1. The molecule has 1 aliphatic heterocycles. The van der Waals surface area contributed by atoms with Gasteiger partial charge in [0.1, 0.15) is 5.82 Å². The third-order valence-electron chi connectivity index (χ3n) is 3.64. The van der Waals surface area contributed by atoms with E-state index in [0.29, 0.717) is 5.92 Å². The summed E-state index contributed by atoms with van der Waals surface area (Å²) in [5.41, 5.74) is 0. The van der Waals surface area contributed by atoms with Gasteiger partial charge in [0.25, 0.3) is 5.91 Å². The van der Waals surface area contributed by atoms with E-state index in [1.807, 2.05) is 41.9 Å². The van der Waals surface area contributed by atoms with Crippen LogP contribution in [0.15, 0.2) is 29.9 Å². The summed E-state index contributed by atoms with van der Waals surface area (Å²) in [6, 6.07) is 3.81. The molecule has 0 fully saturated rings. The molecule has 0 radical (unpaired) electrons. The van der Waals surface area contributed by atoms with E-state index in [9.17, 15) is 4.79 Å². The first-order valence-corrected chi connectivity index (χ1v) is 7.41. The van der Waals surface area contributed by atoms with E-state index in [4.69, 9.17) is 0 Å². The fraction of sp³-hybridized carbons (Fsp3) is 0.429. The zero-order chi connectivity index (χ0) is 13.2. The maximum atomic E-state index is 12.2. The number of imidazole rings is 1. The van der Waals surface area contributed by atoms with Gasteiger partial charge in [-0.15, -0.1) is 11.3 Å². The van der Waals surface area contributed by atoms with E-state index in [1.54, 1.807) is 0 Å². The molecule has 1 atom stereocenters. The monoisotopic (exact) mass is 275 g/mol. The van der Waals surface area contributed by atoms with Crippen LogP contribution < -0.4 is 0 Å². The topological polar surface area (TPSA) is 38.1 Å². The van der Waals surface area contributed by atoms with Crippen molar-refractivity contribution in [2.75, 3.05) is 13.6 Å². The normalized spacial score (nSPS) is 18.1. The zero-order valence-electron chi connectivity index (χ0n) is 11.0. The second-order valence-corrected chi connectivity index (χ2v) is 6.01. The SMILES string of the molecule is CN(C[C@H]1CCc2nccn2C1)C(=O)c1cccs1. The van der Waals surface area contributed by atoms with Crippen LogP contribution in [0.1, 0.15) is 21.9 Å². The highest BCUT2D eigenvalue weighted by molar-refractivity contribution is 7.12. The highest BCUT2D eigenvalue weighted by atomic mass is 32.1. The molecule has 5 heteroatoms. The summed E-state index contributed by atoms with van der Waals surface area (Å²) in [5, 5.41) is 1.94. The van der Waals surface area contributed by atoms with Crippen molar-refractivity contribution < 1.29 is 4.79 Å². The van der Waals surface area contributed by atoms with E-state index in [2.05, 4.69) is 9.55 Å². The number of hydrogen-bond acceptors (Lipinski definition) is 3. The molecule has 4 nitrogen and oxygen atoms in total. The number of aromatic nitrogens is 2. The van der Waals surface area contributed by atoms with Crippen LogP contribution in [-0.4, -0.2) is 34.0 Å². The van der Waals surface area contributed by atoms with Gasteiger partial charge in [0.05, 0.1) is 4.88 Å². The number of hydrogen-bond donors (Lipinski definition) is 0. The van der Waals surface area contributed by atoms with Crippen LogP contribution >= 0.6 is 11.3 Å². The van der Waals surface area contributed by atoms with Crippen molar-refractivity contribution in [3.05, 3.63) is 40.6 Å². The van der Waals surface area contributed by atoms with Crippen molar-refractivity contribution in [2.45, 2.75) is 19.4 Å². The number of rotatable bonds is 3. The number of fused-ring (bicyclic) bond motifs is 1. The Morgan fingerprint density at radius 2 is 2.53 bits per heavy atom. The van der Waals surface area contributed by atoms with Crippen LogP contribution in [-0.2, 0) is 13.0 Å². The molecule has 0 aromatic carbocycles. The third kappa shape index (κ3) is 2.56. The van der Waals surface area contributed by atoms with Crippen LogP contribution in [0.5, 0.6) is 0 Å². The summed E-state index contributed by atoms with van der Waals surface area (Å²) in [6.45, 7) is 1.78. The molecule has 0 N–H and O–H groups in total. The quantitative estimate of drug-likeness (QED) is 0.862. The molecule has 3 rings (SSSR count). The highest BCUT2D eigenvalue weighted by Crippen LogP contribution is 2.20. The highest BCUT2D eigenvalue weighted by Gasteiger charge is 2.22. The standard InChI is InChI=1S/C14H17N3OS/c1-16(14(18)12-3-2-8-19-12)9-11-4-5-13-15-6-7-17(13)10-11/h2-3,6-8,11H,4-5,9-10H2,1H3/t11-/m1/s1. The summed E-state index contributed by atoms with van der Waals surface area (Å²) in [6.07, 6.45) is 6.01. The van der Waals surface area contributed by atoms with Gasteiger partial charge in [-0.1, -0.05) is 6.07 Å². The number of carbonyl (C=O) groups is 1. The van der Waals surface area contributed by atoms with Gasteiger partial charge >= 0.3 is 0 Å². The summed E-state index contributed by atoms with van der Waals surface area (Å²) in [4.78, 5) is 19.2. The van der Waals surface area contributed by atoms with E-state index in [1.165, 1.54) is 17.2 Å². The van der Waals surface area contributed by atoms with Crippen LogP contribution in [0.4, 0.5) is 0 Å². The number of thiophene rings is 1. The Morgan fingerprint density at radius 3 is 3.32 bits per heavy atom. The first kappa shape index (κ1) is 12.4. The molecular formula is C14H17N3OS. The average Bonchev–Trinajstić information content (AvgIpc) is 3.08. The van der Waals surface area contributed by atoms with Gasteiger partial charge in [0, 0.05) is 39.0 Å². The molecule has 1 amide bonds. The summed E-state index contributed by atoms with van der Waals surface area (Å²) >= 11 is 1.50. The van der Waals surface area contributed by atoms with E-state index in [0.717, 1.165) is 30.8 Å². The Bertz CT molecular complexity index is 561. The third-order valence-corrected chi connectivity index (χ3v) is 4.50. The van der Waals surface area contributed by atoms with Crippen molar-refractivity contribution >= 4 is 17.2 Å². The minimum Gasteiger partial charge on any atom is -0.341 e. The molecule has 2 aromatic rings. The lowest BCUT2D eigenvalue weighted by atomic mass is 9.99. The second-order valence-electron chi connectivity index (χ2n) is 5.06. The molecule has 0 aliphatic carbocycles. The van der Waals surface area contributed by atoms with Crippen molar-refractivity contribution in [1.82, 2.24) is 14.5 Å². The number of aryl methyl sites for hydroxylation is 1. The Kier molecular flexibility index (Phi) is 3.38. The van der Waals surface area contributed by atoms with Gasteiger partial charge in [-0.3, -0.25) is 4.79 Å². The van der Waals surface area contributed by atoms with Gasteiger partial charge in [-0.25, -0.2) is 4.98 Å². The van der Waals surface area contributed by atoms with Crippen LogP contribution in [0.25, 0.3) is 0 Å². The van der Waals surface area contributed by atoms with Crippen molar-refractivity contribution in [3.8, 4) is 0 Å². The molecule has 0 saturated carbocycles. The maximum Gasteiger partial charge on any atom is 0.263 e. The Labute approximate surface area is 116 Å². The molecular weight excluding hydrogens is 258 g/mol. The molecule has 19 heavy (non-hydrogen) atoms. The second kappa shape index (κ2) is 5.17. The fourth-order valence-electron chi connectivity index (χ4n) is 2.64. The van der Waals surface area contributed by atoms with E-state index >= 15 is 0 Å². The largest absolute Gasteiger partial charge is 0.341 e. The summed E-state index contributed by atoms with van der Waals surface area (Å²) in [5.74, 6) is 1.82. The predicted octanol–water partition coefficient (Wildman–Crippen LogP) is 2.28. The van der Waals surface area contributed by atoms with Gasteiger partial charge in [0.15, 0.2) is 0 Å². The average molecular weight is 275 g/mol. The van der Waals surface area contributed by atoms with E-state index in [-0.39, 0.29) is 5.91 Å². The summed E-state index contributed by atoms with van der Waals surface area (Å²) < 4.78 is 2.21. The smallest absolute Gasteiger partial charge is 0.263 e. The first-order chi connectivity index (χ1) is 9.24.